The number of nitrogens with zero attached hydrogens (tertiary/aromatic N) is 3. The van der Waals surface area contributed by atoms with Crippen molar-refractivity contribution >= 4 is 26.8 Å². The summed E-state index contributed by atoms with van der Waals surface area (Å²) < 4.78 is 23.6. The number of rotatable bonds is 4. The fourth-order valence-electron chi connectivity index (χ4n) is 3.24. The molecule has 1 aliphatic rings. The van der Waals surface area contributed by atoms with Gasteiger partial charge in [0.1, 0.15) is 5.82 Å². The first-order valence-corrected chi connectivity index (χ1v) is 10.6. The lowest BCUT2D eigenvalue weighted by atomic mass is 10.2. The van der Waals surface area contributed by atoms with Gasteiger partial charge in [-0.25, -0.2) is 13.4 Å². The van der Waals surface area contributed by atoms with E-state index in [9.17, 15) is 8.42 Å². The third kappa shape index (κ3) is 3.85. The van der Waals surface area contributed by atoms with Crippen LogP contribution in [0, 0.1) is 0 Å². The van der Waals surface area contributed by atoms with Crippen LogP contribution in [-0.2, 0) is 16.3 Å². The van der Waals surface area contributed by atoms with Crippen LogP contribution in [0.4, 0.5) is 0 Å². The maximum atomic E-state index is 12.2. The molecule has 2 aromatic rings. The summed E-state index contributed by atoms with van der Waals surface area (Å²) in [6.07, 6.45) is 1.76. The first-order valence-electron chi connectivity index (χ1n) is 8.94. The molecule has 0 aliphatic carbocycles. The summed E-state index contributed by atoms with van der Waals surface area (Å²) >= 11 is 0. The van der Waals surface area contributed by atoms with Crippen molar-refractivity contribution in [2.75, 3.05) is 32.4 Å². The van der Waals surface area contributed by atoms with E-state index in [2.05, 4.69) is 20.3 Å². The van der Waals surface area contributed by atoms with E-state index < -0.39 is 14.6 Å². The van der Waals surface area contributed by atoms with Crippen LogP contribution in [0.2, 0.25) is 0 Å². The molecular formula is C18H27N5O2S. The number of para-hydroxylation sites is 2. The third-order valence-corrected chi connectivity index (χ3v) is 7.40. The van der Waals surface area contributed by atoms with Gasteiger partial charge in [0.2, 0.25) is 0 Å². The van der Waals surface area contributed by atoms with Gasteiger partial charge in [0, 0.05) is 33.1 Å². The standard InChI is InChI=1S/C18H27N5O2S/c1-18(2)13-23(11-12-26(18,24)25)17(19-3)20-10-6-9-16-21-14-7-4-5-8-15(14)22-16/h4-5,7-8H,6,9-13H2,1-3H3,(H,19,20)(H,21,22). The smallest absolute Gasteiger partial charge is 0.193 e. The van der Waals surface area contributed by atoms with E-state index in [1.165, 1.54) is 0 Å². The molecule has 26 heavy (non-hydrogen) atoms. The van der Waals surface area contributed by atoms with E-state index in [4.69, 9.17) is 0 Å². The molecule has 1 aromatic carbocycles. The summed E-state index contributed by atoms with van der Waals surface area (Å²) in [5, 5.41) is 3.35. The van der Waals surface area contributed by atoms with Gasteiger partial charge in [0.15, 0.2) is 15.8 Å². The number of aliphatic imine (C=N–C) groups is 1. The first kappa shape index (κ1) is 18.7. The second kappa shape index (κ2) is 7.26. The lowest BCUT2D eigenvalue weighted by Gasteiger charge is -2.39. The first-order chi connectivity index (χ1) is 12.3. The average Bonchev–Trinajstić information content (AvgIpc) is 3.00. The van der Waals surface area contributed by atoms with Crippen molar-refractivity contribution in [1.29, 1.82) is 0 Å². The number of aryl methyl sites for hydroxylation is 1. The van der Waals surface area contributed by atoms with Crippen molar-refractivity contribution in [3.63, 3.8) is 0 Å². The Morgan fingerprint density at radius 1 is 1.38 bits per heavy atom. The molecule has 2 heterocycles. The van der Waals surface area contributed by atoms with E-state index >= 15 is 0 Å². The molecule has 0 unspecified atom stereocenters. The van der Waals surface area contributed by atoms with Crippen molar-refractivity contribution < 1.29 is 8.42 Å². The largest absolute Gasteiger partial charge is 0.356 e. The van der Waals surface area contributed by atoms with E-state index in [1.54, 1.807) is 20.9 Å². The topological polar surface area (TPSA) is 90.4 Å². The van der Waals surface area contributed by atoms with Crippen LogP contribution in [0.3, 0.4) is 0 Å². The van der Waals surface area contributed by atoms with Crippen LogP contribution in [0.5, 0.6) is 0 Å². The maximum Gasteiger partial charge on any atom is 0.193 e. The van der Waals surface area contributed by atoms with Gasteiger partial charge in [-0.1, -0.05) is 12.1 Å². The molecule has 0 amide bonds. The van der Waals surface area contributed by atoms with Gasteiger partial charge in [0.25, 0.3) is 0 Å². The molecule has 3 rings (SSSR count). The number of hydrogen-bond donors (Lipinski definition) is 2. The molecule has 1 aromatic heterocycles. The average molecular weight is 378 g/mol. The highest BCUT2D eigenvalue weighted by molar-refractivity contribution is 7.92. The van der Waals surface area contributed by atoms with Crippen molar-refractivity contribution in [3.8, 4) is 0 Å². The molecule has 8 heteroatoms. The maximum absolute atomic E-state index is 12.2. The quantitative estimate of drug-likeness (QED) is 0.480. The molecule has 1 fully saturated rings. The Labute approximate surface area is 154 Å². The lowest BCUT2D eigenvalue weighted by molar-refractivity contribution is 0.353. The molecule has 0 radical (unpaired) electrons. The zero-order valence-electron chi connectivity index (χ0n) is 15.6. The second-order valence-electron chi connectivity index (χ2n) is 7.28. The molecule has 1 saturated heterocycles. The predicted octanol–water partition coefficient (Wildman–Crippen LogP) is 1.58. The Morgan fingerprint density at radius 2 is 2.15 bits per heavy atom. The van der Waals surface area contributed by atoms with Crippen molar-refractivity contribution in [3.05, 3.63) is 30.1 Å². The number of sulfone groups is 1. The van der Waals surface area contributed by atoms with Gasteiger partial charge in [-0.3, -0.25) is 4.99 Å². The minimum atomic E-state index is -3.05. The number of aromatic nitrogens is 2. The summed E-state index contributed by atoms with van der Waals surface area (Å²) in [4.78, 5) is 14.3. The van der Waals surface area contributed by atoms with E-state index in [0.29, 0.717) is 13.1 Å². The van der Waals surface area contributed by atoms with Gasteiger partial charge in [-0.15, -0.1) is 0 Å². The molecule has 7 nitrogen and oxygen atoms in total. The molecular weight excluding hydrogens is 350 g/mol. The zero-order valence-corrected chi connectivity index (χ0v) is 16.4. The van der Waals surface area contributed by atoms with E-state index in [0.717, 1.165) is 42.2 Å². The van der Waals surface area contributed by atoms with Gasteiger partial charge >= 0.3 is 0 Å². The summed E-state index contributed by atoms with van der Waals surface area (Å²) in [6, 6.07) is 8.01. The Bertz CT molecular complexity index is 868. The Hall–Kier alpha value is -2.09. The number of fused-ring (bicyclic) bond motifs is 1. The fraction of sp³-hybridized carbons (Fsp3) is 0.556. The van der Waals surface area contributed by atoms with Crippen molar-refractivity contribution in [2.24, 2.45) is 4.99 Å². The lowest BCUT2D eigenvalue weighted by Crippen LogP contribution is -2.57. The number of nitrogens with one attached hydrogen (secondary N) is 2. The Kier molecular flexibility index (Phi) is 5.22. The van der Waals surface area contributed by atoms with E-state index in [-0.39, 0.29) is 5.75 Å². The van der Waals surface area contributed by atoms with Crippen LogP contribution in [0.25, 0.3) is 11.0 Å². The van der Waals surface area contributed by atoms with Crippen LogP contribution in [0.1, 0.15) is 26.1 Å². The minimum Gasteiger partial charge on any atom is -0.356 e. The highest BCUT2D eigenvalue weighted by atomic mass is 32.2. The Balaban J connectivity index is 1.52. The van der Waals surface area contributed by atoms with Crippen LogP contribution in [0.15, 0.2) is 29.3 Å². The van der Waals surface area contributed by atoms with Gasteiger partial charge < -0.3 is 15.2 Å². The number of guanidine groups is 1. The zero-order chi connectivity index (χ0) is 18.8. The SMILES string of the molecule is CN=C(NCCCc1nc2ccccc2[nH]1)N1CCS(=O)(=O)C(C)(C)C1. The van der Waals surface area contributed by atoms with Crippen LogP contribution < -0.4 is 5.32 Å². The summed E-state index contributed by atoms with van der Waals surface area (Å²) in [5.41, 5.74) is 2.05. The summed E-state index contributed by atoms with van der Waals surface area (Å²) in [7, 11) is -1.31. The fourth-order valence-corrected chi connectivity index (χ4v) is 4.60. The van der Waals surface area contributed by atoms with Gasteiger partial charge in [-0.2, -0.15) is 0 Å². The number of hydrogen-bond acceptors (Lipinski definition) is 4. The molecule has 1 aliphatic heterocycles. The molecule has 0 saturated carbocycles. The van der Waals surface area contributed by atoms with E-state index in [1.807, 2.05) is 29.2 Å². The highest BCUT2D eigenvalue weighted by Crippen LogP contribution is 2.23. The molecule has 2 N–H and O–H groups in total. The van der Waals surface area contributed by atoms with Crippen LogP contribution in [-0.4, -0.2) is 66.4 Å². The normalized spacial score (nSPS) is 19.7. The second-order valence-corrected chi connectivity index (χ2v) is 10.0. The van der Waals surface area contributed by atoms with Crippen LogP contribution >= 0.6 is 0 Å². The molecule has 0 spiro atoms. The number of H-pyrrole nitrogens is 1. The highest BCUT2D eigenvalue weighted by Gasteiger charge is 2.40. The Morgan fingerprint density at radius 3 is 2.85 bits per heavy atom. The predicted molar refractivity (Wildman–Crippen MR) is 105 cm³/mol. The summed E-state index contributed by atoms with van der Waals surface area (Å²) in [6.45, 7) is 5.26. The third-order valence-electron chi connectivity index (χ3n) is 4.87. The minimum absolute atomic E-state index is 0.166. The van der Waals surface area contributed by atoms with Crippen molar-refractivity contribution in [2.45, 2.75) is 31.4 Å². The molecule has 0 atom stereocenters. The molecule has 0 bridgehead atoms. The summed E-state index contributed by atoms with van der Waals surface area (Å²) in [5.74, 6) is 1.91. The number of aromatic amines is 1. The van der Waals surface area contributed by atoms with Crippen molar-refractivity contribution in [1.82, 2.24) is 20.2 Å². The van der Waals surface area contributed by atoms with Gasteiger partial charge in [0.05, 0.1) is 21.5 Å². The number of imidazole rings is 1. The number of benzene rings is 1. The molecule has 142 valence electrons. The monoisotopic (exact) mass is 377 g/mol. The van der Waals surface area contributed by atoms with Gasteiger partial charge in [-0.05, 0) is 32.4 Å².